The van der Waals surface area contributed by atoms with Crippen molar-refractivity contribution < 1.29 is 4.74 Å². The predicted octanol–water partition coefficient (Wildman–Crippen LogP) is 2.97. The van der Waals surface area contributed by atoms with Gasteiger partial charge in [0.25, 0.3) is 0 Å². The van der Waals surface area contributed by atoms with E-state index in [9.17, 15) is 0 Å². The van der Waals surface area contributed by atoms with E-state index in [0.717, 1.165) is 5.75 Å². The molecule has 0 saturated heterocycles. The van der Waals surface area contributed by atoms with Crippen molar-refractivity contribution in [2.75, 3.05) is 6.66 Å². The maximum absolute atomic E-state index is 5.48. The van der Waals surface area contributed by atoms with Gasteiger partial charge in [0.1, 0.15) is 5.75 Å². The van der Waals surface area contributed by atoms with Gasteiger partial charge in [-0.3, -0.25) is 0 Å². The molecule has 0 spiro atoms. The summed E-state index contributed by atoms with van der Waals surface area (Å²) in [6, 6.07) is 9.70. The SMILES string of the molecule is CC#CC(C)Oc1ccccc1.CP. The lowest BCUT2D eigenvalue weighted by atomic mass is 10.3. The van der Waals surface area contributed by atoms with Crippen LogP contribution in [0.4, 0.5) is 0 Å². The van der Waals surface area contributed by atoms with E-state index in [-0.39, 0.29) is 6.10 Å². The molecule has 2 atom stereocenters. The quantitative estimate of drug-likeness (QED) is 0.536. The van der Waals surface area contributed by atoms with Crippen LogP contribution in [0.1, 0.15) is 13.8 Å². The molecular formula is C12H17OP. The van der Waals surface area contributed by atoms with Gasteiger partial charge in [0.15, 0.2) is 6.10 Å². The van der Waals surface area contributed by atoms with Crippen molar-refractivity contribution >= 4 is 9.24 Å². The molecule has 0 radical (unpaired) electrons. The van der Waals surface area contributed by atoms with Gasteiger partial charge in [0.05, 0.1) is 0 Å². The number of para-hydroxylation sites is 1. The largest absolute Gasteiger partial charge is 0.478 e. The highest BCUT2D eigenvalue weighted by Crippen LogP contribution is 2.09. The monoisotopic (exact) mass is 208 g/mol. The molecule has 0 N–H and O–H groups in total. The summed E-state index contributed by atoms with van der Waals surface area (Å²) in [5.74, 6) is 6.60. The van der Waals surface area contributed by atoms with Crippen molar-refractivity contribution in [1.82, 2.24) is 0 Å². The Morgan fingerprint density at radius 2 is 1.79 bits per heavy atom. The van der Waals surface area contributed by atoms with Gasteiger partial charge >= 0.3 is 0 Å². The van der Waals surface area contributed by atoms with Gasteiger partial charge in [-0.1, -0.05) is 30.8 Å². The first-order valence-corrected chi connectivity index (χ1v) is 5.70. The zero-order chi connectivity index (χ0) is 10.8. The molecule has 0 aromatic heterocycles. The third kappa shape index (κ3) is 5.62. The molecule has 14 heavy (non-hydrogen) atoms. The summed E-state index contributed by atoms with van der Waals surface area (Å²) in [5.41, 5.74) is 0. The molecule has 2 heteroatoms. The van der Waals surface area contributed by atoms with E-state index in [4.69, 9.17) is 4.74 Å². The number of benzene rings is 1. The Bertz CT molecular complexity index is 284. The highest BCUT2D eigenvalue weighted by atomic mass is 31.0. The molecule has 0 amide bonds. The fourth-order valence-electron chi connectivity index (χ4n) is 0.936. The Morgan fingerprint density at radius 1 is 1.21 bits per heavy atom. The molecule has 0 saturated carbocycles. The number of hydrogen-bond acceptors (Lipinski definition) is 1. The van der Waals surface area contributed by atoms with Crippen molar-refractivity contribution in [2.45, 2.75) is 20.0 Å². The van der Waals surface area contributed by atoms with E-state index < -0.39 is 0 Å². The molecule has 1 rings (SSSR count). The third-order valence-corrected chi connectivity index (χ3v) is 1.40. The molecule has 0 bridgehead atoms. The summed E-state index contributed by atoms with van der Waals surface area (Å²) < 4.78 is 5.48. The number of ether oxygens (including phenoxy) is 1. The van der Waals surface area contributed by atoms with Crippen LogP contribution in [0, 0.1) is 11.8 Å². The van der Waals surface area contributed by atoms with E-state index in [1.807, 2.05) is 50.8 Å². The Labute approximate surface area is 89.1 Å². The van der Waals surface area contributed by atoms with Gasteiger partial charge in [-0.15, -0.1) is 15.2 Å². The first-order valence-electron chi connectivity index (χ1n) is 4.54. The zero-order valence-corrected chi connectivity index (χ0v) is 10.1. The second-order valence-corrected chi connectivity index (χ2v) is 2.47. The van der Waals surface area contributed by atoms with E-state index >= 15 is 0 Å². The van der Waals surface area contributed by atoms with E-state index in [1.54, 1.807) is 0 Å². The minimum atomic E-state index is -0.0302. The second kappa shape index (κ2) is 8.60. The molecule has 1 aromatic carbocycles. The van der Waals surface area contributed by atoms with Crippen LogP contribution in [0.25, 0.3) is 0 Å². The fourth-order valence-corrected chi connectivity index (χ4v) is 0.936. The molecule has 1 aromatic rings. The second-order valence-electron chi connectivity index (χ2n) is 2.47. The normalized spacial score (nSPS) is 10.0. The lowest BCUT2D eigenvalue weighted by Crippen LogP contribution is -2.08. The number of hydrogen-bond donors (Lipinski definition) is 0. The lowest BCUT2D eigenvalue weighted by molar-refractivity contribution is 0.279. The van der Waals surface area contributed by atoms with Gasteiger partial charge in [0, 0.05) is 0 Å². The first kappa shape index (κ1) is 13.0. The third-order valence-electron chi connectivity index (χ3n) is 1.40. The molecule has 0 heterocycles. The van der Waals surface area contributed by atoms with E-state index in [0.29, 0.717) is 0 Å². The summed E-state index contributed by atoms with van der Waals surface area (Å²) in [6.45, 7) is 5.66. The van der Waals surface area contributed by atoms with Crippen molar-refractivity contribution in [2.24, 2.45) is 0 Å². The van der Waals surface area contributed by atoms with Gasteiger partial charge in [-0.2, -0.15) is 0 Å². The Kier molecular flexibility index (Phi) is 7.99. The van der Waals surface area contributed by atoms with Crippen molar-refractivity contribution in [1.29, 1.82) is 0 Å². The van der Waals surface area contributed by atoms with Crippen LogP contribution >= 0.6 is 9.24 Å². The van der Waals surface area contributed by atoms with Gasteiger partial charge < -0.3 is 4.74 Å². The first-order chi connectivity index (χ1) is 6.83. The van der Waals surface area contributed by atoms with Gasteiger partial charge in [-0.05, 0) is 26.0 Å². The topological polar surface area (TPSA) is 9.23 Å². The van der Waals surface area contributed by atoms with Crippen LogP contribution in [0.3, 0.4) is 0 Å². The minimum absolute atomic E-state index is 0.0302. The van der Waals surface area contributed by atoms with Crippen molar-refractivity contribution in [3.8, 4) is 17.6 Å². The molecule has 1 nitrogen and oxygen atoms in total. The molecule has 0 aliphatic heterocycles. The fraction of sp³-hybridized carbons (Fsp3) is 0.333. The standard InChI is InChI=1S/C11H12O.CH5P/c1-3-7-10(2)12-11-8-5-4-6-9-11;1-2/h4-6,8-10H,1-2H3;2H2,1H3. The summed E-state index contributed by atoms with van der Waals surface area (Å²) in [4.78, 5) is 0. The van der Waals surface area contributed by atoms with Crippen molar-refractivity contribution in [3.63, 3.8) is 0 Å². The average molecular weight is 208 g/mol. The summed E-state index contributed by atoms with van der Waals surface area (Å²) in [5, 5.41) is 0. The van der Waals surface area contributed by atoms with Crippen LogP contribution in [0.15, 0.2) is 30.3 Å². The molecular weight excluding hydrogens is 191 g/mol. The van der Waals surface area contributed by atoms with Crippen LogP contribution in [0.2, 0.25) is 0 Å². The average Bonchev–Trinajstić information content (AvgIpc) is 2.22. The van der Waals surface area contributed by atoms with Gasteiger partial charge in [-0.25, -0.2) is 0 Å². The molecule has 2 unspecified atom stereocenters. The molecule has 0 fully saturated rings. The Balaban J connectivity index is 0.000000791. The van der Waals surface area contributed by atoms with E-state index in [1.165, 1.54) is 0 Å². The molecule has 76 valence electrons. The highest BCUT2D eigenvalue weighted by Gasteiger charge is 1.96. The molecule has 0 aliphatic rings. The van der Waals surface area contributed by atoms with Gasteiger partial charge in [0.2, 0.25) is 0 Å². The van der Waals surface area contributed by atoms with Crippen LogP contribution in [-0.2, 0) is 0 Å². The summed E-state index contributed by atoms with van der Waals surface area (Å²) in [6.07, 6.45) is -0.0302. The maximum atomic E-state index is 5.48. The molecule has 0 aliphatic carbocycles. The van der Waals surface area contributed by atoms with E-state index in [2.05, 4.69) is 21.1 Å². The Morgan fingerprint density at radius 3 is 2.29 bits per heavy atom. The minimum Gasteiger partial charge on any atom is -0.478 e. The smallest absolute Gasteiger partial charge is 0.156 e. The van der Waals surface area contributed by atoms with Crippen LogP contribution in [-0.4, -0.2) is 12.8 Å². The Hall–Kier alpha value is -0.990. The maximum Gasteiger partial charge on any atom is 0.156 e. The lowest BCUT2D eigenvalue weighted by Gasteiger charge is -2.07. The highest BCUT2D eigenvalue weighted by molar-refractivity contribution is 7.15. The van der Waals surface area contributed by atoms with Crippen LogP contribution < -0.4 is 4.74 Å². The van der Waals surface area contributed by atoms with Crippen molar-refractivity contribution in [3.05, 3.63) is 30.3 Å². The summed E-state index contributed by atoms with van der Waals surface area (Å²) >= 11 is 0. The predicted molar refractivity (Wildman–Crippen MR) is 65.6 cm³/mol. The number of rotatable bonds is 2. The zero-order valence-electron chi connectivity index (χ0n) is 8.95. The van der Waals surface area contributed by atoms with Crippen LogP contribution in [0.5, 0.6) is 5.75 Å². The summed E-state index contributed by atoms with van der Waals surface area (Å²) in [7, 11) is 2.42.